The Morgan fingerprint density at radius 2 is 1.50 bits per heavy atom. The number of nitrogens with zero attached hydrogens (tertiary/aromatic N) is 1. The van der Waals surface area contributed by atoms with Crippen LogP contribution in [0, 0.1) is 11.8 Å². The molecule has 3 rings (SSSR count). The van der Waals surface area contributed by atoms with E-state index in [1.54, 1.807) is 0 Å². The summed E-state index contributed by atoms with van der Waals surface area (Å²) in [5.41, 5.74) is 0.667. The van der Waals surface area contributed by atoms with Gasteiger partial charge in [0, 0.05) is 14.0 Å². The van der Waals surface area contributed by atoms with Crippen molar-refractivity contribution in [3.8, 4) is 0 Å². The largest absolute Gasteiger partial charge is 0.297 e. The van der Waals surface area contributed by atoms with Crippen LogP contribution in [-0.2, 0) is 0 Å². The summed E-state index contributed by atoms with van der Waals surface area (Å²) >= 11 is 0. The van der Waals surface area contributed by atoms with Gasteiger partial charge in [0.05, 0.1) is 0 Å². The third-order valence-corrected chi connectivity index (χ3v) is 4.69. The van der Waals surface area contributed by atoms with Crippen LogP contribution in [-0.4, -0.2) is 31.9 Å². The predicted octanol–water partition coefficient (Wildman–Crippen LogP) is 1.50. The van der Waals surface area contributed by atoms with E-state index in [4.69, 9.17) is 0 Å². The van der Waals surface area contributed by atoms with Crippen molar-refractivity contribution in [1.82, 2.24) is 4.90 Å². The second-order valence-electron chi connectivity index (χ2n) is 4.76. The smallest absolute Gasteiger partial charge is 0.0238 e. The summed E-state index contributed by atoms with van der Waals surface area (Å²) in [6.07, 6.45) is 6.04. The van der Waals surface area contributed by atoms with Gasteiger partial charge in [-0.25, -0.2) is 0 Å². The van der Waals surface area contributed by atoms with Crippen molar-refractivity contribution in [3.05, 3.63) is 0 Å². The first-order valence-electron chi connectivity index (χ1n) is 5.07. The maximum atomic E-state index is 2.76. The van der Waals surface area contributed by atoms with Crippen LogP contribution >= 0.6 is 0 Å². The van der Waals surface area contributed by atoms with Crippen LogP contribution in [0.5, 0.6) is 0 Å². The molecule has 1 saturated carbocycles. The Kier molecular flexibility index (Phi) is 1.80. The fourth-order valence-corrected chi connectivity index (χ4v) is 3.93. The lowest BCUT2D eigenvalue weighted by atomic mass is 9.85. The minimum Gasteiger partial charge on any atom is -0.297 e. The molecule has 0 aromatic heterocycles. The second-order valence-corrected chi connectivity index (χ2v) is 4.76. The van der Waals surface area contributed by atoms with E-state index in [1.165, 1.54) is 38.8 Å². The molecular weight excluding hydrogens is 145 g/mol. The molecule has 0 bridgehead atoms. The van der Waals surface area contributed by atoms with Crippen molar-refractivity contribution in [3.63, 3.8) is 0 Å². The summed E-state index contributed by atoms with van der Waals surface area (Å²) in [7, 11) is 0. The van der Waals surface area contributed by atoms with E-state index in [0.29, 0.717) is 5.54 Å². The SMILES string of the molecule is CC12[C@@H]3CC[C@H]1CCN2CC3.[B]. The monoisotopic (exact) mass is 162 g/mol. The molecule has 0 spiro atoms. The molecule has 2 aliphatic heterocycles. The van der Waals surface area contributed by atoms with Gasteiger partial charge >= 0.3 is 0 Å². The molecule has 0 aromatic rings. The highest BCUT2D eigenvalue weighted by Gasteiger charge is 2.56. The number of hydrogen-bond acceptors (Lipinski definition) is 1. The summed E-state index contributed by atoms with van der Waals surface area (Å²) in [5.74, 6) is 2.13. The van der Waals surface area contributed by atoms with Crippen molar-refractivity contribution in [2.45, 2.75) is 38.1 Å². The van der Waals surface area contributed by atoms with Crippen LogP contribution in [0.4, 0.5) is 0 Å². The number of rotatable bonds is 0. The fourth-order valence-electron chi connectivity index (χ4n) is 3.93. The zero-order chi connectivity index (χ0) is 7.47. The lowest BCUT2D eigenvalue weighted by Gasteiger charge is -2.32. The summed E-state index contributed by atoms with van der Waals surface area (Å²) in [4.78, 5) is 2.76. The van der Waals surface area contributed by atoms with Crippen LogP contribution in [0.1, 0.15) is 32.6 Å². The highest BCUT2D eigenvalue weighted by Crippen LogP contribution is 2.55. The molecule has 3 fully saturated rings. The zero-order valence-corrected chi connectivity index (χ0v) is 7.92. The minimum atomic E-state index is 0. The topological polar surface area (TPSA) is 3.24 Å². The van der Waals surface area contributed by atoms with E-state index in [1.807, 2.05) is 0 Å². The maximum absolute atomic E-state index is 2.76. The first-order chi connectivity index (χ1) is 5.32. The first kappa shape index (κ1) is 8.62. The van der Waals surface area contributed by atoms with Crippen LogP contribution in [0.3, 0.4) is 0 Å². The summed E-state index contributed by atoms with van der Waals surface area (Å²) < 4.78 is 0. The first-order valence-corrected chi connectivity index (χ1v) is 5.07. The van der Waals surface area contributed by atoms with E-state index in [0.717, 1.165) is 11.8 Å². The summed E-state index contributed by atoms with van der Waals surface area (Å²) in [5, 5.41) is 0. The standard InChI is InChI=1S/C10H17N.B/c1-10-8-2-3-9(10)5-7-11(10)6-4-8;/h8-9H,2-7H2,1H3;/t8-,9+,10?;. The van der Waals surface area contributed by atoms with Gasteiger partial charge in [0.1, 0.15) is 0 Å². The molecule has 3 atom stereocenters. The third kappa shape index (κ3) is 0.749. The second kappa shape index (κ2) is 2.51. The highest BCUT2D eigenvalue weighted by molar-refractivity contribution is 5.75. The highest BCUT2D eigenvalue weighted by atomic mass is 15.3. The van der Waals surface area contributed by atoms with Gasteiger partial charge in [0.15, 0.2) is 0 Å². The van der Waals surface area contributed by atoms with Gasteiger partial charge in [0.25, 0.3) is 0 Å². The van der Waals surface area contributed by atoms with Gasteiger partial charge in [-0.15, -0.1) is 0 Å². The molecule has 12 heavy (non-hydrogen) atoms. The Morgan fingerprint density at radius 3 is 2.00 bits per heavy atom. The number of hydrogen-bond donors (Lipinski definition) is 0. The molecule has 1 aliphatic carbocycles. The van der Waals surface area contributed by atoms with Crippen LogP contribution < -0.4 is 0 Å². The lowest BCUT2D eigenvalue weighted by molar-refractivity contribution is 0.167. The minimum absolute atomic E-state index is 0. The van der Waals surface area contributed by atoms with E-state index < -0.39 is 0 Å². The molecule has 0 amide bonds. The predicted molar refractivity (Wildman–Crippen MR) is 51.2 cm³/mol. The Labute approximate surface area is 77.1 Å². The molecule has 3 radical (unpaired) electrons. The zero-order valence-electron chi connectivity index (χ0n) is 7.92. The Hall–Kier alpha value is 0.0249. The van der Waals surface area contributed by atoms with E-state index >= 15 is 0 Å². The lowest BCUT2D eigenvalue weighted by Crippen LogP contribution is -2.40. The van der Waals surface area contributed by atoms with E-state index in [-0.39, 0.29) is 8.41 Å². The van der Waals surface area contributed by atoms with Crippen molar-refractivity contribution in [2.75, 3.05) is 13.1 Å². The Bertz CT molecular complexity index is 149. The van der Waals surface area contributed by atoms with Crippen molar-refractivity contribution in [1.29, 1.82) is 0 Å². The van der Waals surface area contributed by atoms with Crippen LogP contribution in [0.15, 0.2) is 0 Å². The average molecular weight is 162 g/mol. The molecule has 0 N–H and O–H groups in total. The molecule has 2 heteroatoms. The van der Waals surface area contributed by atoms with Crippen LogP contribution in [0.25, 0.3) is 0 Å². The molecule has 3 aliphatic rings. The average Bonchev–Trinajstić information content (AvgIpc) is 2.53. The third-order valence-electron chi connectivity index (χ3n) is 4.69. The van der Waals surface area contributed by atoms with Crippen molar-refractivity contribution < 1.29 is 0 Å². The molecule has 65 valence electrons. The molecule has 1 unspecified atom stereocenters. The molecule has 1 nitrogen and oxygen atoms in total. The fraction of sp³-hybridized carbons (Fsp3) is 1.00. The maximum Gasteiger partial charge on any atom is 0.0238 e. The summed E-state index contributed by atoms with van der Waals surface area (Å²) in [6, 6.07) is 0. The molecule has 2 heterocycles. The van der Waals surface area contributed by atoms with Gasteiger partial charge in [0.2, 0.25) is 0 Å². The Morgan fingerprint density at radius 1 is 1.00 bits per heavy atom. The summed E-state index contributed by atoms with van der Waals surface area (Å²) in [6.45, 7) is 5.32. The van der Waals surface area contributed by atoms with Crippen molar-refractivity contribution in [2.24, 2.45) is 11.8 Å². The quantitative estimate of drug-likeness (QED) is 0.488. The van der Waals surface area contributed by atoms with Gasteiger partial charge in [-0.2, -0.15) is 0 Å². The normalized spacial score (nSPS) is 50.8. The van der Waals surface area contributed by atoms with Gasteiger partial charge in [-0.05, 0) is 57.5 Å². The van der Waals surface area contributed by atoms with Crippen LogP contribution in [0.2, 0.25) is 0 Å². The van der Waals surface area contributed by atoms with E-state index in [2.05, 4.69) is 11.8 Å². The Balaban J connectivity index is 0.000000563. The van der Waals surface area contributed by atoms with Gasteiger partial charge < -0.3 is 0 Å². The van der Waals surface area contributed by atoms with Gasteiger partial charge in [-0.3, -0.25) is 4.90 Å². The van der Waals surface area contributed by atoms with E-state index in [9.17, 15) is 0 Å². The van der Waals surface area contributed by atoms with Gasteiger partial charge in [-0.1, -0.05) is 0 Å². The molecule has 0 aromatic carbocycles. The molecule has 2 saturated heterocycles. The molecular formula is C10H17BN. The van der Waals surface area contributed by atoms with Crippen molar-refractivity contribution >= 4 is 8.41 Å².